The normalized spacial score (nSPS) is 29.2. The molecule has 4 atom stereocenters. The SMILES string of the molecule is Nc1ncnn2c([C@@H]3O[C@H](COC(=O)OC4CCC(F)(F)CC4)[C@@H](O)[C@H]3O)ccc12. The number of hydrogen-bond acceptors (Lipinski definition) is 9. The fraction of sp³-hybridized carbons (Fsp3) is 0.611. The first-order valence-electron chi connectivity index (χ1n) is 9.56. The number of nitrogen functional groups attached to an aromatic ring is 1. The molecule has 1 saturated heterocycles. The summed E-state index contributed by atoms with van der Waals surface area (Å²) in [5, 5.41) is 24.8. The van der Waals surface area contributed by atoms with Crippen LogP contribution < -0.4 is 5.73 Å². The van der Waals surface area contributed by atoms with Gasteiger partial charge >= 0.3 is 6.16 Å². The van der Waals surface area contributed by atoms with E-state index in [1.807, 2.05) is 0 Å². The molecule has 0 aromatic carbocycles. The monoisotopic (exact) mass is 428 g/mol. The van der Waals surface area contributed by atoms with Crippen molar-refractivity contribution in [3.8, 4) is 0 Å². The summed E-state index contributed by atoms with van der Waals surface area (Å²) in [5.41, 5.74) is 6.75. The molecule has 1 aliphatic heterocycles. The Morgan fingerprint density at radius 1 is 1.30 bits per heavy atom. The molecule has 10 nitrogen and oxygen atoms in total. The number of anilines is 1. The van der Waals surface area contributed by atoms with E-state index < -0.39 is 42.6 Å². The predicted octanol–water partition coefficient (Wildman–Crippen LogP) is 1.20. The Morgan fingerprint density at radius 3 is 2.77 bits per heavy atom. The molecule has 2 fully saturated rings. The number of nitrogens with two attached hydrogens (primary N) is 1. The van der Waals surface area contributed by atoms with Gasteiger partial charge in [-0.2, -0.15) is 5.10 Å². The van der Waals surface area contributed by atoms with Crippen LogP contribution in [0.15, 0.2) is 18.5 Å². The van der Waals surface area contributed by atoms with Gasteiger partial charge in [0.25, 0.3) is 0 Å². The molecule has 2 aliphatic rings. The topological polar surface area (TPSA) is 141 Å². The molecule has 30 heavy (non-hydrogen) atoms. The fourth-order valence-corrected chi connectivity index (χ4v) is 3.77. The Labute approximate surface area is 169 Å². The maximum Gasteiger partial charge on any atom is 0.508 e. The van der Waals surface area contributed by atoms with Crippen LogP contribution in [0.25, 0.3) is 5.52 Å². The van der Waals surface area contributed by atoms with Crippen LogP contribution in [-0.4, -0.2) is 67.9 Å². The van der Waals surface area contributed by atoms with Crippen LogP contribution in [0.2, 0.25) is 0 Å². The van der Waals surface area contributed by atoms with Crippen LogP contribution in [0.1, 0.15) is 37.5 Å². The van der Waals surface area contributed by atoms with E-state index >= 15 is 0 Å². The third-order valence-electron chi connectivity index (χ3n) is 5.46. The lowest BCUT2D eigenvalue weighted by Gasteiger charge is -2.27. The lowest BCUT2D eigenvalue weighted by Crippen LogP contribution is -2.35. The summed E-state index contributed by atoms with van der Waals surface area (Å²) in [6, 6.07) is 3.29. The zero-order valence-electron chi connectivity index (χ0n) is 15.9. The van der Waals surface area contributed by atoms with E-state index in [0.717, 1.165) is 0 Å². The number of alkyl halides is 2. The zero-order chi connectivity index (χ0) is 21.5. The second kappa shape index (κ2) is 7.93. The summed E-state index contributed by atoms with van der Waals surface area (Å²) >= 11 is 0. The van der Waals surface area contributed by atoms with Crippen LogP contribution in [0, 0.1) is 0 Å². The molecular weight excluding hydrogens is 406 g/mol. The molecule has 0 spiro atoms. The summed E-state index contributed by atoms with van der Waals surface area (Å²) in [6.45, 7) is -0.378. The highest BCUT2D eigenvalue weighted by Gasteiger charge is 2.45. The molecule has 4 N–H and O–H groups in total. The van der Waals surface area contributed by atoms with E-state index in [9.17, 15) is 23.8 Å². The molecule has 2 aromatic rings. The minimum absolute atomic E-state index is 0.0533. The summed E-state index contributed by atoms with van der Waals surface area (Å²) in [7, 11) is 0. The summed E-state index contributed by atoms with van der Waals surface area (Å²) < 4.78 is 43.5. The van der Waals surface area contributed by atoms with Crippen molar-refractivity contribution in [1.82, 2.24) is 14.6 Å². The lowest BCUT2D eigenvalue weighted by molar-refractivity contribution is -0.0825. The minimum atomic E-state index is -2.73. The van der Waals surface area contributed by atoms with Gasteiger partial charge in [-0.15, -0.1) is 0 Å². The third-order valence-corrected chi connectivity index (χ3v) is 5.46. The Bertz CT molecular complexity index is 915. The number of fused-ring (bicyclic) bond motifs is 1. The van der Waals surface area contributed by atoms with E-state index in [1.54, 1.807) is 12.1 Å². The van der Waals surface area contributed by atoms with Gasteiger partial charge in [0.2, 0.25) is 5.92 Å². The molecule has 3 heterocycles. The molecule has 164 valence electrons. The van der Waals surface area contributed by atoms with Gasteiger partial charge in [0.15, 0.2) is 5.82 Å². The predicted molar refractivity (Wildman–Crippen MR) is 96.7 cm³/mol. The average molecular weight is 428 g/mol. The van der Waals surface area contributed by atoms with Crippen LogP contribution in [0.3, 0.4) is 0 Å². The molecule has 0 radical (unpaired) electrons. The summed E-state index contributed by atoms with van der Waals surface area (Å²) in [6.07, 6.45) is -5.60. The van der Waals surface area contributed by atoms with Gasteiger partial charge in [-0.3, -0.25) is 0 Å². The Balaban J connectivity index is 1.34. The quantitative estimate of drug-likeness (QED) is 0.613. The van der Waals surface area contributed by atoms with Crippen molar-refractivity contribution >= 4 is 17.5 Å². The summed E-state index contributed by atoms with van der Waals surface area (Å²) in [4.78, 5) is 15.8. The van der Waals surface area contributed by atoms with Gasteiger partial charge in [0, 0.05) is 12.8 Å². The van der Waals surface area contributed by atoms with E-state index in [1.165, 1.54) is 10.8 Å². The first-order chi connectivity index (χ1) is 14.2. The number of aromatic nitrogens is 3. The van der Waals surface area contributed by atoms with Gasteiger partial charge in [-0.25, -0.2) is 23.1 Å². The highest BCUT2D eigenvalue weighted by atomic mass is 19.3. The van der Waals surface area contributed by atoms with Crippen molar-refractivity contribution in [1.29, 1.82) is 0 Å². The molecule has 2 aromatic heterocycles. The van der Waals surface area contributed by atoms with E-state index in [2.05, 4.69) is 10.1 Å². The highest BCUT2D eigenvalue weighted by Crippen LogP contribution is 2.36. The van der Waals surface area contributed by atoms with Crippen molar-refractivity contribution in [3.63, 3.8) is 0 Å². The first kappa shape index (κ1) is 20.7. The molecule has 1 aliphatic carbocycles. The Kier molecular flexibility index (Phi) is 5.47. The second-order valence-corrected chi connectivity index (χ2v) is 7.51. The smallest absolute Gasteiger partial charge is 0.431 e. The van der Waals surface area contributed by atoms with Gasteiger partial charge in [0.1, 0.15) is 49.0 Å². The second-order valence-electron chi connectivity index (χ2n) is 7.51. The van der Waals surface area contributed by atoms with Gasteiger partial charge in [0.05, 0.1) is 5.69 Å². The lowest BCUT2D eigenvalue weighted by atomic mass is 9.94. The number of aliphatic hydroxyl groups excluding tert-OH is 2. The van der Waals surface area contributed by atoms with Crippen molar-refractivity contribution in [2.75, 3.05) is 12.3 Å². The molecule has 4 rings (SSSR count). The van der Waals surface area contributed by atoms with Crippen molar-refractivity contribution < 1.29 is 38.0 Å². The van der Waals surface area contributed by atoms with E-state index in [0.29, 0.717) is 11.2 Å². The number of halogens is 2. The first-order valence-corrected chi connectivity index (χ1v) is 9.56. The van der Waals surface area contributed by atoms with Gasteiger partial charge in [-0.1, -0.05) is 0 Å². The zero-order valence-corrected chi connectivity index (χ0v) is 15.9. The average Bonchev–Trinajstić information content (AvgIpc) is 3.25. The number of carbonyl (C=O) groups excluding carboxylic acids is 1. The number of hydrogen-bond donors (Lipinski definition) is 3. The van der Waals surface area contributed by atoms with Crippen molar-refractivity contribution in [2.45, 2.75) is 62.1 Å². The van der Waals surface area contributed by atoms with E-state index in [-0.39, 0.29) is 38.1 Å². The Hall–Kier alpha value is -2.57. The van der Waals surface area contributed by atoms with Crippen molar-refractivity contribution in [2.24, 2.45) is 0 Å². The number of rotatable bonds is 4. The molecule has 0 unspecified atom stereocenters. The summed E-state index contributed by atoms with van der Waals surface area (Å²) in [5.74, 6) is -2.48. The van der Waals surface area contributed by atoms with Gasteiger partial charge < -0.3 is 30.2 Å². The third kappa shape index (κ3) is 4.02. The van der Waals surface area contributed by atoms with Crippen LogP contribution in [-0.2, 0) is 14.2 Å². The van der Waals surface area contributed by atoms with Crippen molar-refractivity contribution in [3.05, 3.63) is 24.2 Å². The number of ether oxygens (including phenoxy) is 3. The molecule has 12 heteroatoms. The molecular formula is C18H22F2N4O6. The fourth-order valence-electron chi connectivity index (χ4n) is 3.77. The van der Waals surface area contributed by atoms with Crippen LogP contribution >= 0.6 is 0 Å². The van der Waals surface area contributed by atoms with Crippen LogP contribution in [0.5, 0.6) is 0 Å². The number of nitrogens with zero attached hydrogens (tertiary/aromatic N) is 3. The molecule has 1 saturated carbocycles. The highest BCUT2D eigenvalue weighted by molar-refractivity contribution is 5.65. The minimum Gasteiger partial charge on any atom is -0.431 e. The van der Waals surface area contributed by atoms with Gasteiger partial charge in [-0.05, 0) is 25.0 Å². The number of aliphatic hydroxyl groups is 2. The van der Waals surface area contributed by atoms with Crippen LogP contribution in [0.4, 0.5) is 19.4 Å². The van der Waals surface area contributed by atoms with E-state index in [4.69, 9.17) is 19.9 Å². The number of carbonyl (C=O) groups is 1. The maximum atomic E-state index is 13.2. The molecule has 0 amide bonds. The maximum absolute atomic E-state index is 13.2. The molecule has 0 bridgehead atoms. The largest absolute Gasteiger partial charge is 0.508 e. The Morgan fingerprint density at radius 2 is 2.03 bits per heavy atom. The standard InChI is InChI=1S/C18H22F2N4O6/c19-18(20)5-3-9(4-6-18)29-17(27)28-7-12-13(25)14(26)15(30-12)10-1-2-11-16(21)22-8-23-24(10)11/h1-2,8-9,12-15,25-26H,3-7H2,(H2,21,22,23)/t12-,13-,14-,15+/m1/s1.